The van der Waals surface area contributed by atoms with Gasteiger partial charge in [-0.1, -0.05) is 46.9 Å². The number of halogens is 3. The van der Waals surface area contributed by atoms with Crippen LogP contribution in [-0.2, 0) is 4.79 Å². The van der Waals surface area contributed by atoms with E-state index in [9.17, 15) is 4.79 Å². The summed E-state index contributed by atoms with van der Waals surface area (Å²) in [4.78, 5) is 12.1. The van der Waals surface area contributed by atoms with Gasteiger partial charge in [0.25, 0.3) is 0 Å². The first kappa shape index (κ1) is 16.9. The van der Waals surface area contributed by atoms with Crippen LogP contribution in [0.4, 0.5) is 5.69 Å². The summed E-state index contributed by atoms with van der Waals surface area (Å²) < 4.78 is 0. The van der Waals surface area contributed by atoms with Gasteiger partial charge in [-0.2, -0.15) is 0 Å². The highest BCUT2D eigenvalue weighted by Crippen LogP contribution is 2.28. The van der Waals surface area contributed by atoms with Crippen molar-refractivity contribution in [3.8, 4) is 0 Å². The Morgan fingerprint density at radius 3 is 2.27 bits per heavy atom. The molecule has 2 nitrogen and oxygen atoms in total. The molecular weight excluding hydrogens is 341 g/mol. The fraction of sp³-hybridized carbons (Fsp3) is 0.118. The molecule has 0 aliphatic rings. The summed E-state index contributed by atoms with van der Waals surface area (Å²) in [6.45, 7) is 3.84. The van der Waals surface area contributed by atoms with Gasteiger partial charge in [0.15, 0.2) is 0 Å². The topological polar surface area (TPSA) is 29.1 Å². The Morgan fingerprint density at radius 2 is 1.68 bits per heavy atom. The van der Waals surface area contributed by atoms with E-state index in [-0.39, 0.29) is 5.91 Å². The summed E-state index contributed by atoms with van der Waals surface area (Å²) in [6.07, 6.45) is 2.96. The van der Waals surface area contributed by atoms with Crippen LogP contribution in [0.5, 0.6) is 0 Å². The van der Waals surface area contributed by atoms with Crippen molar-refractivity contribution in [2.45, 2.75) is 13.8 Å². The second-order valence-electron chi connectivity index (χ2n) is 4.90. The molecule has 2 aromatic rings. The Balaban J connectivity index is 2.19. The third-order valence-electron chi connectivity index (χ3n) is 3.08. The lowest BCUT2D eigenvalue weighted by molar-refractivity contribution is -0.111. The van der Waals surface area contributed by atoms with Crippen molar-refractivity contribution in [1.29, 1.82) is 0 Å². The van der Waals surface area contributed by atoms with E-state index in [4.69, 9.17) is 34.8 Å². The first-order chi connectivity index (χ1) is 10.4. The van der Waals surface area contributed by atoms with Crippen molar-refractivity contribution in [1.82, 2.24) is 0 Å². The second kappa shape index (κ2) is 7.19. The lowest BCUT2D eigenvalue weighted by Crippen LogP contribution is -2.09. The number of hydrogen-bond donors (Lipinski definition) is 1. The molecule has 0 heterocycles. The first-order valence-corrected chi connectivity index (χ1v) is 7.71. The molecule has 0 saturated heterocycles. The molecule has 114 valence electrons. The van der Waals surface area contributed by atoms with Gasteiger partial charge in [0.1, 0.15) is 0 Å². The lowest BCUT2D eigenvalue weighted by Gasteiger charge is -2.10. The normalized spacial score (nSPS) is 11.0. The van der Waals surface area contributed by atoms with Gasteiger partial charge in [0, 0.05) is 21.7 Å². The number of anilines is 1. The Kier molecular flexibility index (Phi) is 5.52. The Morgan fingerprint density at radius 1 is 1.05 bits per heavy atom. The highest BCUT2D eigenvalue weighted by atomic mass is 35.5. The smallest absolute Gasteiger partial charge is 0.248 e. The fourth-order valence-electron chi connectivity index (χ4n) is 2.07. The summed E-state index contributed by atoms with van der Waals surface area (Å²) >= 11 is 18.3. The summed E-state index contributed by atoms with van der Waals surface area (Å²) in [5, 5.41) is 4.25. The van der Waals surface area contributed by atoms with Gasteiger partial charge >= 0.3 is 0 Å². The summed E-state index contributed by atoms with van der Waals surface area (Å²) in [7, 11) is 0. The molecule has 5 heteroatoms. The van der Waals surface area contributed by atoms with E-state index in [1.54, 1.807) is 30.3 Å². The van der Waals surface area contributed by atoms with Crippen LogP contribution >= 0.6 is 34.8 Å². The number of rotatable bonds is 3. The van der Waals surface area contributed by atoms with Crippen LogP contribution in [0.2, 0.25) is 15.1 Å². The number of amides is 1. The summed E-state index contributed by atoms with van der Waals surface area (Å²) in [5.41, 5.74) is 3.15. The van der Waals surface area contributed by atoms with Gasteiger partial charge in [0.2, 0.25) is 5.91 Å². The molecule has 0 aliphatic carbocycles. The number of nitrogens with one attached hydrogen (secondary N) is 1. The zero-order valence-electron chi connectivity index (χ0n) is 12.1. The maximum absolute atomic E-state index is 12.1. The standard InChI is InChI=1S/C17H14Cl3NO/c1-10-8-11(2)17(15(20)9-10)21-16(22)7-6-12-13(18)4-3-5-14(12)19/h3-9H,1-2H3,(H,21,22). The van der Waals surface area contributed by atoms with E-state index in [2.05, 4.69) is 5.32 Å². The van der Waals surface area contributed by atoms with Crippen LogP contribution < -0.4 is 5.32 Å². The van der Waals surface area contributed by atoms with E-state index in [1.807, 2.05) is 19.9 Å². The van der Waals surface area contributed by atoms with Gasteiger partial charge in [-0.3, -0.25) is 4.79 Å². The summed E-state index contributed by atoms with van der Waals surface area (Å²) in [6, 6.07) is 8.93. The molecule has 0 bridgehead atoms. The number of hydrogen-bond acceptors (Lipinski definition) is 1. The molecular formula is C17H14Cl3NO. The predicted octanol–water partition coefficient (Wildman–Crippen LogP) is 5.92. The quantitative estimate of drug-likeness (QED) is 0.681. The molecule has 0 unspecified atom stereocenters. The molecule has 0 atom stereocenters. The van der Waals surface area contributed by atoms with Crippen LogP contribution in [-0.4, -0.2) is 5.91 Å². The molecule has 2 aromatic carbocycles. The molecule has 0 fully saturated rings. The van der Waals surface area contributed by atoms with Crippen LogP contribution in [0.3, 0.4) is 0 Å². The van der Waals surface area contributed by atoms with Gasteiger partial charge in [-0.05, 0) is 49.2 Å². The lowest BCUT2D eigenvalue weighted by atomic mass is 10.1. The maximum atomic E-state index is 12.1. The molecule has 0 aromatic heterocycles. The van der Waals surface area contributed by atoms with Crippen LogP contribution in [0, 0.1) is 13.8 Å². The minimum atomic E-state index is -0.301. The third-order valence-corrected chi connectivity index (χ3v) is 4.04. The van der Waals surface area contributed by atoms with Crippen molar-refractivity contribution in [3.63, 3.8) is 0 Å². The highest BCUT2D eigenvalue weighted by molar-refractivity contribution is 6.37. The van der Waals surface area contributed by atoms with Crippen LogP contribution in [0.25, 0.3) is 6.08 Å². The third kappa shape index (κ3) is 4.04. The molecule has 1 amide bonds. The van der Waals surface area contributed by atoms with Gasteiger partial charge in [-0.25, -0.2) is 0 Å². The van der Waals surface area contributed by atoms with Crippen LogP contribution in [0.1, 0.15) is 16.7 Å². The SMILES string of the molecule is Cc1cc(C)c(NC(=O)C=Cc2c(Cl)cccc2Cl)c(Cl)c1. The fourth-order valence-corrected chi connectivity index (χ4v) is 2.96. The van der Waals surface area contributed by atoms with Crippen molar-refractivity contribution in [2.75, 3.05) is 5.32 Å². The number of benzene rings is 2. The van der Waals surface area contributed by atoms with Crippen molar-refractivity contribution < 1.29 is 4.79 Å². The zero-order valence-corrected chi connectivity index (χ0v) is 14.4. The molecule has 22 heavy (non-hydrogen) atoms. The minimum Gasteiger partial charge on any atom is -0.321 e. The van der Waals surface area contributed by atoms with E-state index in [1.165, 1.54) is 6.08 Å². The average molecular weight is 355 g/mol. The van der Waals surface area contributed by atoms with E-state index < -0.39 is 0 Å². The van der Waals surface area contributed by atoms with E-state index in [0.717, 1.165) is 11.1 Å². The number of carbonyl (C=O) groups is 1. The van der Waals surface area contributed by atoms with Crippen molar-refractivity contribution in [3.05, 3.63) is 68.2 Å². The Hall–Kier alpha value is -1.48. The van der Waals surface area contributed by atoms with E-state index >= 15 is 0 Å². The highest BCUT2D eigenvalue weighted by Gasteiger charge is 2.08. The Bertz CT molecular complexity index is 710. The molecule has 2 rings (SSSR count). The zero-order chi connectivity index (χ0) is 16.3. The first-order valence-electron chi connectivity index (χ1n) is 6.58. The molecule has 1 N–H and O–H groups in total. The number of aryl methyl sites for hydroxylation is 2. The van der Waals surface area contributed by atoms with Gasteiger partial charge in [0.05, 0.1) is 10.7 Å². The number of carbonyl (C=O) groups excluding carboxylic acids is 1. The molecule has 0 spiro atoms. The predicted molar refractivity (Wildman–Crippen MR) is 95.1 cm³/mol. The van der Waals surface area contributed by atoms with Gasteiger partial charge in [-0.15, -0.1) is 0 Å². The Labute approximate surface area is 144 Å². The molecule has 0 radical (unpaired) electrons. The van der Waals surface area contributed by atoms with Crippen LogP contribution in [0.15, 0.2) is 36.4 Å². The summed E-state index contributed by atoms with van der Waals surface area (Å²) in [5.74, 6) is -0.301. The van der Waals surface area contributed by atoms with E-state index in [0.29, 0.717) is 26.3 Å². The molecule has 0 saturated carbocycles. The molecule has 0 aliphatic heterocycles. The van der Waals surface area contributed by atoms with Crippen molar-refractivity contribution >= 4 is 52.5 Å². The van der Waals surface area contributed by atoms with Gasteiger partial charge < -0.3 is 5.32 Å². The minimum absolute atomic E-state index is 0.301. The van der Waals surface area contributed by atoms with Crippen molar-refractivity contribution in [2.24, 2.45) is 0 Å². The largest absolute Gasteiger partial charge is 0.321 e. The average Bonchev–Trinajstić information content (AvgIpc) is 2.42. The second-order valence-corrected chi connectivity index (χ2v) is 6.12. The maximum Gasteiger partial charge on any atom is 0.248 e. The monoisotopic (exact) mass is 353 g/mol.